The average molecular weight is 334 g/mol. The van der Waals surface area contributed by atoms with Crippen molar-refractivity contribution < 1.29 is 4.39 Å². The van der Waals surface area contributed by atoms with Crippen LogP contribution in [0.1, 0.15) is 25.3 Å². The number of thioether (sulfide) groups is 1. The largest absolute Gasteiger partial charge is 0.314 e. The highest BCUT2D eigenvalue weighted by Gasteiger charge is 2.11. The second kappa shape index (κ2) is 8.94. The van der Waals surface area contributed by atoms with Gasteiger partial charge in [0.15, 0.2) is 0 Å². The minimum atomic E-state index is -0.187. The van der Waals surface area contributed by atoms with Crippen molar-refractivity contribution in [2.75, 3.05) is 18.6 Å². The minimum Gasteiger partial charge on any atom is -0.314 e. The summed E-state index contributed by atoms with van der Waals surface area (Å²) in [7, 11) is 0. The molecule has 0 saturated heterocycles. The second-order valence-corrected chi connectivity index (χ2v) is 6.21. The molecule has 0 aliphatic heterocycles. The molecule has 0 spiro atoms. The maximum Gasteiger partial charge on any atom is 0.124 e. The number of halogens is 2. The summed E-state index contributed by atoms with van der Waals surface area (Å²) in [6.07, 6.45) is 5.36. The van der Waals surface area contributed by atoms with E-state index in [9.17, 15) is 4.39 Å². The zero-order chi connectivity index (χ0) is 13.4. The van der Waals surface area contributed by atoms with Crippen LogP contribution in [0.25, 0.3) is 0 Å². The minimum absolute atomic E-state index is 0.187. The van der Waals surface area contributed by atoms with Gasteiger partial charge in [-0.05, 0) is 55.5 Å². The first-order valence-electron chi connectivity index (χ1n) is 6.33. The average Bonchev–Trinajstić information content (AvgIpc) is 2.35. The Hall–Kier alpha value is -0.0600. The van der Waals surface area contributed by atoms with E-state index < -0.39 is 0 Å². The summed E-state index contributed by atoms with van der Waals surface area (Å²) in [5, 5.41) is 3.57. The molecule has 0 saturated carbocycles. The van der Waals surface area contributed by atoms with Gasteiger partial charge in [0.1, 0.15) is 5.82 Å². The summed E-state index contributed by atoms with van der Waals surface area (Å²) < 4.78 is 13.9. The highest BCUT2D eigenvalue weighted by atomic mass is 79.9. The Balaban J connectivity index is 2.62. The van der Waals surface area contributed by atoms with Crippen LogP contribution in [0, 0.1) is 5.82 Å². The quantitative estimate of drug-likeness (QED) is 0.763. The molecule has 1 unspecified atom stereocenters. The first kappa shape index (κ1) is 16.0. The van der Waals surface area contributed by atoms with Crippen LogP contribution >= 0.6 is 27.7 Å². The van der Waals surface area contributed by atoms with Gasteiger partial charge in [0, 0.05) is 10.5 Å². The maximum absolute atomic E-state index is 13.0. The maximum atomic E-state index is 13.0. The van der Waals surface area contributed by atoms with Crippen LogP contribution in [0.15, 0.2) is 22.7 Å². The number of nitrogens with one attached hydrogen (secondary N) is 1. The van der Waals surface area contributed by atoms with E-state index >= 15 is 0 Å². The Bertz CT molecular complexity index is 352. The van der Waals surface area contributed by atoms with Crippen molar-refractivity contribution in [2.24, 2.45) is 0 Å². The molecule has 18 heavy (non-hydrogen) atoms. The van der Waals surface area contributed by atoms with E-state index in [0.29, 0.717) is 6.04 Å². The third-order valence-electron chi connectivity index (χ3n) is 2.83. The van der Waals surface area contributed by atoms with E-state index in [-0.39, 0.29) is 5.82 Å². The topological polar surface area (TPSA) is 12.0 Å². The standard InChI is InChI=1S/C14H21BrFNS/c1-3-7-17-13(6-8-18-2)9-11-4-5-12(16)10-14(11)15/h4-5,10,13,17H,3,6-9H2,1-2H3. The number of hydrogen-bond donors (Lipinski definition) is 1. The van der Waals surface area contributed by atoms with Gasteiger partial charge < -0.3 is 5.32 Å². The molecule has 1 rings (SSSR count). The lowest BCUT2D eigenvalue weighted by molar-refractivity contribution is 0.496. The van der Waals surface area contributed by atoms with Crippen molar-refractivity contribution in [3.63, 3.8) is 0 Å². The molecule has 0 aliphatic carbocycles. The summed E-state index contributed by atoms with van der Waals surface area (Å²) in [6.45, 7) is 3.21. The Labute approximate surface area is 122 Å². The van der Waals surface area contributed by atoms with Gasteiger partial charge in [-0.25, -0.2) is 4.39 Å². The molecule has 1 aromatic carbocycles. The van der Waals surface area contributed by atoms with Gasteiger partial charge >= 0.3 is 0 Å². The summed E-state index contributed by atoms with van der Waals surface area (Å²) in [6, 6.07) is 5.42. The van der Waals surface area contributed by atoms with Crippen LogP contribution in [-0.2, 0) is 6.42 Å². The van der Waals surface area contributed by atoms with Gasteiger partial charge in [-0.15, -0.1) is 0 Å². The molecule has 1 aromatic rings. The molecule has 1 atom stereocenters. The van der Waals surface area contributed by atoms with Crippen LogP contribution in [-0.4, -0.2) is 24.6 Å². The lowest BCUT2D eigenvalue weighted by Gasteiger charge is -2.19. The SMILES string of the molecule is CCCNC(CCSC)Cc1ccc(F)cc1Br. The van der Waals surface area contributed by atoms with Gasteiger partial charge in [0.2, 0.25) is 0 Å². The zero-order valence-electron chi connectivity index (χ0n) is 11.0. The summed E-state index contributed by atoms with van der Waals surface area (Å²) in [5.74, 6) is 0.966. The fraction of sp³-hybridized carbons (Fsp3) is 0.571. The molecule has 0 fully saturated rings. The summed E-state index contributed by atoms with van der Waals surface area (Å²) in [5.41, 5.74) is 1.17. The van der Waals surface area contributed by atoms with Gasteiger partial charge in [-0.1, -0.05) is 28.9 Å². The van der Waals surface area contributed by atoms with Crippen LogP contribution in [0.5, 0.6) is 0 Å². The van der Waals surface area contributed by atoms with E-state index in [1.165, 1.54) is 11.6 Å². The molecular weight excluding hydrogens is 313 g/mol. The smallest absolute Gasteiger partial charge is 0.124 e. The van der Waals surface area contributed by atoms with Crippen molar-refractivity contribution in [1.82, 2.24) is 5.32 Å². The van der Waals surface area contributed by atoms with E-state index in [1.807, 2.05) is 17.8 Å². The Morgan fingerprint density at radius 2 is 2.22 bits per heavy atom. The molecular formula is C14H21BrFNS. The van der Waals surface area contributed by atoms with Gasteiger partial charge in [0.25, 0.3) is 0 Å². The molecule has 0 aromatic heterocycles. The predicted octanol–water partition coefficient (Wildman–Crippen LogP) is 4.25. The monoisotopic (exact) mass is 333 g/mol. The van der Waals surface area contributed by atoms with Crippen molar-refractivity contribution in [3.8, 4) is 0 Å². The highest BCUT2D eigenvalue weighted by Crippen LogP contribution is 2.20. The lowest BCUT2D eigenvalue weighted by atomic mass is 10.0. The van der Waals surface area contributed by atoms with Crippen molar-refractivity contribution in [3.05, 3.63) is 34.1 Å². The summed E-state index contributed by atoms with van der Waals surface area (Å²) >= 11 is 5.31. The Morgan fingerprint density at radius 1 is 1.44 bits per heavy atom. The lowest BCUT2D eigenvalue weighted by Crippen LogP contribution is -2.32. The molecule has 0 amide bonds. The fourth-order valence-corrected chi connectivity index (χ4v) is 2.87. The highest BCUT2D eigenvalue weighted by molar-refractivity contribution is 9.10. The van der Waals surface area contributed by atoms with Crippen molar-refractivity contribution in [1.29, 1.82) is 0 Å². The number of rotatable bonds is 8. The van der Waals surface area contributed by atoms with Crippen LogP contribution in [0.3, 0.4) is 0 Å². The first-order chi connectivity index (χ1) is 8.67. The van der Waals surface area contributed by atoms with Crippen molar-refractivity contribution >= 4 is 27.7 Å². The second-order valence-electron chi connectivity index (χ2n) is 4.37. The first-order valence-corrected chi connectivity index (χ1v) is 8.52. The van der Waals surface area contributed by atoms with Crippen LogP contribution < -0.4 is 5.32 Å². The molecule has 0 bridgehead atoms. The molecule has 102 valence electrons. The van der Waals surface area contributed by atoms with Gasteiger partial charge in [0.05, 0.1) is 0 Å². The molecule has 4 heteroatoms. The van der Waals surface area contributed by atoms with E-state index in [0.717, 1.165) is 36.0 Å². The van der Waals surface area contributed by atoms with Crippen LogP contribution in [0.4, 0.5) is 4.39 Å². The predicted molar refractivity (Wildman–Crippen MR) is 82.9 cm³/mol. The van der Waals surface area contributed by atoms with Crippen molar-refractivity contribution in [2.45, 2.75) is 32.2 Å². The molecule has 0 aliphatic rings. The third-order valence-corrected chi connectivity index (χ3v) is 4.22. The normalized spacial score (nSPS) is 12.7. The molecule has 1 N–H and O–H groups in total. The zero-order valence-corrected chi connectivity index (χ0v) is 13.4. The van der Waals surface area contributed by atoms with Gasteiger partial charge in [-0.3, -0.25) is 0 Å². The Morgan fingerprint density at radius 3 is 2.83 bits per heavy atom. The number of benzene rings is 1. The van der Waals surface area contributed by atoms with E-state index in [4.69, 9.17) is 0 Å². The molecule has 1 nitrogen and oxygen atoms in total. The fourth-order valence-electron chi connectivity index (χ4n) is 1.84. The summed E-state index contributed by atoms with van der Waals surface area (Å²) in [4.78, 5) is 0. The number of hydrogen-bond acceptors (Lipinski definition) is 2. The van der Waals surface area contributed by atoms with E-state index in [1.54, 1.807) is 6.07 Å². The molecule has 0 radical (unpaired) electrons. The Kier molecular flexibility index (Phi) is 7.95. The van der Waals surface area contributed by atoms with E-state index in [2.05, 4.69) is 34.4 Å². The van der Waals surface area contributed by atoms with Gasteiger partial charge in [-0.2, -0.15) is 11.8 Å². The van der Waals surface area contributed by atoms with Crippen LogP contribution in [0.2, 0.25) is 0 Å². The third kappa shape index (κ3) is 5.72. The molecule has 0 heterocycles.